The van der Waals surface area contributed by atoms with E-state index in [1.54, 1.807) is 6.07 Å². The standard InChI is InChI=1S/C13H12Cl2N2S/c1-2-16-12-10(14)8-11(15)13(17-12)18-9-6-4-3-5-7-9/h3-8H,2H2,1H3,(H,16,17). The lowest BCUT2D eigenvalue weighted by Gasteiger charge is -2.09. The van der Waals surface area contributed by atoms with Gasteiger partial charge in [0, 0.05) is 11.4 Å². The largest absolute Gasteiger partial charge is 0.369 e. The first-order valence-electron chi connectivity index (χ1n) is 5.53. The zero-order valence-corrected chi connectivity index (χ0v) is 12.1. The maximum Gasteiger partial charge on any atom is 0.146 e. The number of hydrogen-bond donors (Lipinski definition) is 1. The van der Waals surface area contributed by atoms with Crippen LogP contribution in [-0.4, -0.2) is 11.5 Å². The number of hydrogen-bond acceptors (Lipinski definition) is 3. The fraction of sp³-hybridized carbons (Fsp3) is 0.154. The third-order valence-electron chi connectivity index (χ3n) is 2.20. The molecule has 18 heavy (non-hydrogen) atoms. The molecule has 0 spiro atoms. The summed E-state index contributed by atoms with van der Waals surface area (Å²) in [6.45, 7) is 2.76. The van der Waals surface area contributed by atoms with E-state index in [0.29, 0.717) is 15.9 Å². The number of nitrogens with one attached hydrogen (secondary N) is 1. The highest BCUT2D eigenvalue weighted by Gasteiger charge is 2.10. The predicted octanol–water partition coefficient (Wildman–Crippen LogP) is 4.97. The Labute approximate surface area is 121 Å². The van der Waals surface area contributed by atoms with Gasteiger partial charge < -0.3 is 5.32 Å². The normalized spacial score (nSPS) is 10.4. The molecule has 0 saturated heterocycles. The van der Waals surface area contributed by atoms with Crippen LogP contribution in [0.5, 0.6) is 0 Å². The molecule has 5 heteroatoms. The SMILES string of the molecule is CCNc1nc(Sc2ccccc2)c(Cl)cc1Cl. The Morgan fingerprint density at radius 2 is 1.89 bits per heavy atom. The number of benzene rings is 1. The Morgan fingerprint density at radius 3 is 2.56 bits per heavy atom. The molecule has 94 valence electrons. The van der Waals surface area contributed by atoms with E-state index in [4.69, 9.17) is 23.2 Å². The number of aromatic nitrogens is 1. The van der Waals surface area contributed by atoms with Crippen molar-refractivity contribution >= 4 is 40.8 Å². The predicted molar refractivity (Wildman–Crippen MR) is 79.0 cm³/mol. The fourth-order valence-electron chi connectivity index (χ4n) is 1.41. The van der Waals surface area contributed by atoms with E-state index in [1.807, 2.05) is 37.3 Å². The van der Waals surface area contributed by atoms with Crippen LogP contribution in [0.25, 0.3) is 0 Å². The van der Waals surface area contributed by atoms with Crippen LogP contribution in [0, 0.1) is 0 Å². The lowest BCUT2D eigenvalue weighted by molar-refractivity contribution is 1.08. The van der Waals surface area contributed by atoms with Crippen molar-refractivity contribution in [3.8, 4) is 0 Å². The molecule has 2 aromatic rings. The zero-order chi connectivity index (χ0) is 13.0. The Hall–Kier alpha value is -0.900. The molecule has 0 unspecified atom stereocenters. The Balaban J connectivity index is 2.30. The molecule has 0 radical (unpaired) electrons. The molecule has 0 aliphatic carbocycles. The lowest BCUT2D eigenvalue weighted by Crippen LogP contribution is -2.00. The minimum Gasteiger partial charge on any atom is -0.369 e. The lowest BCUT2D eigenvalue weighted by atomic mass is 10.4. The summed E-state index contributed by atoms with van der Waals surface area (Å²) in [6.07, 6.45) is 0. The second kappa shape index (κ2) is 6.32. The molecular weight excluding hydrogens is 287 g/mol. The van der Waals surface area contributed by atoms with Crippen LogP contribution in [-0.2, 0) is 0 Å². The first-order chi connectivity index (χ1) is 8.70. The number of rotatable bonds is 4. The first kappa shape index (κ1) is 13.5. The topological polar surface area (TPSA) is 24.9 Å². The van der Waals surface area contributed by atoms with Gasteiger partial charge in [-0.2, -0.15) is 0 Å². The van der Waals surface area contributed by atoms with E-state index < -0.39 is 0 Å². The van der Waals surface area contributed by atoms with Gasteiger partial charge in [0.05, 0.1) is 10.0 Å². The van der Waals surface area contributed by atoms with Gasteiger partial charge in [-0.15, -0.1) is 0 Å². The second-order valence-corrected chi connectivity index (χ2v) is 5.43. The minimum absolute atomic E-state index is 0.541. The molecule has 2 nitrogen and oxygen atoms in total. The van der Waals surface area contributed by atoms with Crippen LogP contribution in [0.4, 0.5) is 5.82 Å². The van der Waals surface area contributed by atoms with Gasteiger partial charge in [-0.25, -0.2) is 4.98 Å². The Morgan fingerprint density at radius 1 is 1.17 bits per heavy atom. The van der Waals surface area contributed by atoms with Crippen LogP contribution < -0.4 is 5.32 Å². The fourth-order valence-corrected chi connectivity index (χ4v) is 2.76. The van der Waals surface area contributed by atoms with Gasteiger partial charge in [0.25, 0.3) is 0 Å². The van der Waals surface area contributed by atoms with E-state index in [1.165, 1.54) is 11.8 Å². The quantitative estimate of drug-likeness (QED) is 0.862. The summed E-state index contributed by atoms with van der Waals surface area (Å²) in [5.74, 6) is 0.669. The zero-order valence-electron chi connectivity index (χ0n) is 9.78. The molecule has 0 atom stereocenters. The number of halogens is 2. The van der Waals surface area contributed by atoms with Crippen molar-refractivity contribution in [2.75, 3.05) is 11.9 Å². The summed E-state index contributed by atoms with van der Waals surface area (Å²) < 4.78 is 0. The van der Waals surface area contributed by atoms with Gasteiger partial charge in [-0.05, 0) is 25.1 Å². The van der Waals surface area contributed by atoms with E-state index in [9.17, 15) is 0 Å². The van der Waals surface area contributed by atoms with Crippen molar-refractivity contribution < 1.29 is 0 Å². The maximum absolute atomic E-state index is 6.16. The van der Waals surface area contributed by atoms with E-state index >= 15 is 0 Å². The number of anilines is 1. The molecular formula is C13H12Cl2N2S. The van der Waals surface area contributed by atoms with Gasteiger partial charge in [-0.3, -0.25) is 0 Å². The third kappa shape index (κ3) is 3.31. The molecule has 1 N–H and O–H groups in total. The summed E-state index contributed by atoms with van der Waals surface area (Å²) in [5, 5.41) is 4.97. The van der Waals surface area contributed by atoms with Crippen molar-refractivity contribution in [3.05, 3.63) is 46.4 Å². The molecule has 1 aromatic carbocycles. The van der Waals surface area contributed by atoms with Crippen LogP contribution in [0.1, 0.15) is 6.92 Å². The van der Waals surface area contributed by atoms with Crippen LogP contribution >= 0.6 is 35.0 Å². The van der Waals surface area contributed by atoms with Gasteiger partial charge in [0.15, 0.2) is 0 Å². The molecule has 0 aliphatic rings. The third-order valence-corrected chi connectivity index (χ3v) is 3.90. The van der Waals surface area contributed by atoms with Crippen molar-refractivity contribution in [2.45, 2.75) is 16.8 Å². The van der Waals surface area contributed by atoms with E-state index in [0.717, 1.165) is 16.5 Å². The van der Waals surface area contributed by atoms with Crippen molar-refractivity contribution in [1.82, 2.24) is 4.98 Å². The molecule has 2 rings (SSSR count). The summed E-state index contributed by atoms with van der Waals surface area (Å²) in [4.78, 5) is 5.54. The summed E-state index contributed by atoms with van der Waals surface area (Å²) >= 11 is 13.7. The molecule has 0 bridgehead atoms. The van der Waals surface area contributed by atoms with Crippen LogP contribution in [0.2, 0.25) is 10.0 Å². The molecule has 0 aliphatic heterocycles. The van der Waals surface area contributed by atoms with Gasteiger partial charge >= 0.3 is 0 Å². The average Bonchev–Trinajstić information content (AvgIpc) is 2.37. The van der Waals surface area contributed by atoms with Crippen molar-refractivity contribution in [3.63, 3.8) is 0 Å². The highest BCUT2D eigenvalue weighted by molar-refractivity contribution is 7.99. The van der Waals surface area contributed by atoms with Gasteiger partial charge in [-0.1, -0.05) is 53.2 Å². The van der Waals surface area contributed by atoms with Crippen molar-refractivity contribution in [2.24, 2.45) is 0 Å². The van der Waals surface area contributed by atoms with E-state index in [-0.39, 0.29) is 0 Å². The Kier molecular flexibility index (Phi) is 4.75. The van der Waals surface area contributed by atoms with E-state index in [2.05, 4.69) is 10.3 Å². The molecule has 1 aromatic heterocycles. The van der Waals surface area contributed by atoms with Crippen molar-refractivity contribution in [1.29, 1.82) is 0 Å². The highest BCUT2D eigenvalue weighted by Crippen LogP contribution is 2.35. The molecule has 0 saturated carbocycles. The monoisotopic (exact) mass is 298 g/mol. The highest BCUT2D eigenvalue weighted by atomic mass is 35.5. The second-order valence-electron chi connectivity index (χ2n) is 3.55. The van der Waals surface area contributed by atoms with Gasteiger partial charge in [0.1, 0.15) is 10.8 Å². The summed E-state index contributed by atoms with van der Waals surface area (Å²) in [7, 11) is 0. The summed E-state index contributed by atoms with van der Waals surface area (Å²) in [6, 6.07) is 11.7. The summed E-state index contributed by atoms with van der Waals surface area (Å²) in [5.41, 5.74) is 0. The number of pyridine rings is 1. The average molecular weight is 299 g/mol. The van der Waals surface area contributed by atoms with Gasteiger partial charge in [0.2, 0.25) is 0 Å². The molecule has 0 fully saturated rings. The first-order valence-corrected chi connectivity index (χ1v) is 7.10. The molecule has 1 heterocycles. The maximum atomic E-state index is 6.16. The Bertz CT molecular complexity index is 532. The minimum atomic E-state index is 0.541. The molecule has 0 amide bonds. The number of nitrogens with zero attached hydrogens (tertiary/aromatic N) is 1. The van der Waals surface area contributed by atoms with Crippen LogP contribution in [0.15, 0.2) is 46.3 Å². The smallest absolute Gasteiger partial charge is 0.146 e. The van der Waals surface area contributed by atoms with Crippen LogP contribution in [0.3, 0.4) is 0 Å².